The van der Waals surface area contributed by atoms with Crippen LogP contribution in [0, 0.1) is 0 Å². The van der Waals surface area contributed by atoms with Gasteiger partial charge in [-0.25, -0.2) is 4.98 Å². The summed E-state index contributed by atoms with van der Waals surface area (Å²) in [5, 5.41) is 20.4. The Morgan fingerprint density at radius 3 is 2.28 bits per heavy atom. The van der Waals surface area contributed by atoms with E-state index in [2.05, 4.69) is 39.9 Å². The number of nitrogens with one attached hydrogen (secondary N) is 1. The van der Waals surface area contributed by atoms with Gasteiger partial charge in [-0.1, -0.05) is 11.8 Å². The van der Waals surface area contributed by atoms with E-state index in [9.17, 15) is 43.7 Å². The summed E-state index contributed by atoms with van der Waals surface area (Å²) in [6, 6.07) is 0. The predicted molar refractivity (Wildman–Crippen MR) is 96.1 cm³/mol. The van der Waals surface area contributed by atoms with Gasteiger partial charge in [0.15, 0.2) is 17.4 Å². The fraction of sp³-hybridized carbons (Fsp3) is 0.500. The van der Waals surface area contributed by atoms with E-state index in [1.165, 1.54) is 0 Å². The molecule has 0 aliphatic carbocycles. The zero-order valence-electron chi connectivity index (χ0n) is 19.1. The van der Waals surface area contributed by atoms with Gasteiger partial charge in [-0.15, -0.1) is 0 Å². The number of anilines is 1. The largest absolute Gasteiger partial charge is 1.00 e. The minimum atomic E-state index is -6.06. The molecule has 1 fully saturated rings. The van der Waals surface area contributed by atoms with Crippen LogP contribution < -0.4 is 149 Å². The standard InChI is InChI=1S/C10H16N5O13P3S.4Na/c11-10-13-7-4(8(18)14-10)12-2-15(7)9-6(17)5(16)3(26-9)1-25-31(24,32)28-30(22,23)27-29(19,20)21;;;;/h2-3,5-6,9,16-17H,1H2,(H,22,23)(H,24,32)(H2,19,20,21)(H3,11,13,14,18);;;;/q;4*+1/p-4/t3-,5-,6-,9-,31?;;;;/m1..../s1. The second kappa shape index (κ2) is 15.9. The van der Waals surface area contributed by atoms with Crippen molar-refractivity contribution in [3.05, 3.63) is 16.7 Å². The molecule has 18 nitrogen and oxygen atoms in total. The topological polar surface area (TPSA) is 293 Å². The number of aliphatic hydroxyl groups is 2. The Hall–Kier alpha value is 2.86. The predicted octanol–water partition coefficient (Wildman–Crippen LogP) is -16.7. The molecular weight excluding hydrogens is 615 g/mol. The number of fused-ring (bicyclic) bond motifs is 1. The van der Waals surface area contributed by atoms with Crippen LogP contribution in [-0.2, 0) is 38.8 Å². The van der Waals surface area contributed by atoms with Crippen molar-refractivity contribution < 1.29 is 175 Å². The molecule has 0 saturated carbocycles. The number of nitrogen functional groups attached to an aromatic ring is 1. The van der Waals surface area contributed by atoms with Gasteiger partial charge in [0.2, 0.25) is 5.95 Å². The summed E-state index contributed by atoms with van der Waals surface area (Å²) in [6.45, 7) is -5.94. The fourth-order valence-corrected chi connectivity index (χ4v) is 6.46. The van der Waals surface area contributed by atoms with Crippen molar-refractivity contribution in [2.24, 2.45) is 0 Å². The van der Waals surface area contributed by atoms with Gasteiger partial charge >= 0.3 is 118 Å². The Morgan fingerprint density at radius 1 is 1.14 bits per heavy atom. The van der Waals surface area contributed by atoms with E-state index in [-0.39, 0.29) is 135 Å². The number of aromatic nitrogens is 4. The van der Waals surface area contributed by atoms with Crippen LogP contribution in [0.5, 0.6) is 0 Å². The number of ether oxygens (including phenoxy) is 1. The molecule has 6 atom stereocenters. The molecule has 2 aromatic heterocycles. The number of rotatable bonds is 8. The van der Waals surface area contributed by atoms with Gasteiger partial charge in [0.1, 0.15) is 25.0 Å². The molecule has 1 aliphatic heterocycles. The third kappa shape index (κ3) is 10.9. The van der Waals surface area contributed by atoms with Gasteiger partial charge in [-0.3, -0.25) is 27.5 Å². The first-order valence-electron chi connectivity index (χ1n) is 8.04. The normalized spacial score (nSPS) is 24.8. The molecule has 180 valence electrons. The smallest absolute Gasteiger partial charge is 0.790 e. The molecule has 1 saturated heterocycles. The van der Waals surface area contributed by atoms with E-state index in [4.69, 9.17) is 10.5 Å². The summed E-state index contributed by atoms with van der Waals surface area (Å²) >= 11 is 4.27. The summed E-state index contributed by atoms with van der Waals surface area (Å²) in [5.74, 6) is -0.272. The van der Waals surface area contributed by atoms with Gasteiger partial charge in [-0.05, 0) is 0 Å². The van der Waals surface area contributed by atoms with Crippen LogP contribution in [0.3, 0.4) is 0 Å². The third-order valence-electron chi connectivity index (χ3n) is 3.86. The van der Waals surface area contributed by atoms with E-state index in [1.54, 1.807) is 0 Å². The van der Waals surface area contributed by atoms with Crippen molar-refractivity contribution in [3.8, 4) is 0 Å². The molecule has 0 amide bonds. The maximum absolute atomic E-state index is 12.0. The molecule has 0 aromatic carbocycles. The minimum Gasteiger partial charge on any atom is -0.790 e. The number of H-pyrrole nitrogens is 1. The second-order valence-corrected chi connectivity index (χ2v) is 11.7. The Kier molecular flexibility index (Phi) is 18.1. The van der Waals surface area contributed by atoms with E-state index in [0.717, 1.165) is 10.9 Å². The van der Waals surface area contributed by atoms with E-state index < -0.39 is 59.1 Å². The van der Waals surface area contributed by atoms with Crippen molar-refractivity contribution in [1.29, 1.82) is 0 Å². The van der Waals surface area contributed by atoms with Gasteiger partial charge in [0.05, 0.1) is 20.8 Å². The Balaban J connectivity index is 0. The van der Waals surface area contributed by atoms with Crippen LogP contribution in [0.25, 0.3) is 11.2 Å². The van der Waals surface area contributed by atoms with E-state index in [0.29, 0.717) is 0 Å². The van der Waals surface area contributed by atoms with Crippen molar-refractivity contribution in [3.63, 3.8) is 0 Å². The van der Waals surface area contributed by atoms with Gasteiger partial charge in [0, 0.05) is 0 Å². The van der Waals surface area contributed by atoms with E-state index in [1.807, 2.05) is 0 Å². The van der Waals surface area contributed by atoms with Crippen molar-refractivity contribution in [2.45, 2.75) is 24.5 Å². The SMILES string of the molecule is Nc1nc2c(ncn2[C@@H]2O[C@H](COP([O-])(=S)OP(=O)([O-])OP(=O)([O-])[O-])[C@@H](O)[C@H]2O)c(=O)[nH]1.[Na+].[Na+].[Na+].[Na+]. The fourth-order valence-electron chi connectivity index (χ4n) is 2.67. The van der Waals surface area contributed by atoms with E-state index >= 15 is 0 Å². The molecule has 26 heteroatoms. The molecule has 3 rings (SSSR count). The van der Waals surface area contributed by atoms with Crippen LogP contribution in [0.2, 0.25) is 0 Å². The maximum atomic E-state index is 12.0. The number of phosphoric acid groups is 2. The number of hydrogen-bond donors (Lipinski definition) is 4. The molecule has 1 aliphatic rings. The van der Waals surface area contributed by atoms with Crippen LogP contribution >= 0.6 is 22.4 Å². The zero-order chi connectivity index (χ0) is 24.1. The van der Waals surface area contributed by atoms with Gasteiger partial charge in [0.25, 0.3) is 13.4 Å². The summed E-state index contributed by atoms with van der Waals surface area (Å²) < 4.78 is 39.6. The molecule has 0 spiro atoms. The second-order valence-electron chi connectivity index (χ2n) is 6.12. The van der Waals surface area contributed by atoms with Crippen LogP contribution in [-0.4, -0.2) is 54.7 Å². The maximum Gasteiger partial charge on any atom is 1.00 e. The molecule has 36 heavy (non-hydrogen) atoms. The molecule has 2 aromatic rings. The minimum absolute atomic E-state index is 0. The summed E-state index contributed by atoms with van der Waals surface area (Å²) in [4.78, 5) is 65.7. The number of aliphatic hydroxyl groups excluding tert-OH is 2. The van der Waals surface area contributed by atoms with Crippen LogP contribution in [0.15, 0.2) is 11.1 Å². The average molecular weight is 627 g/mol. The first kappa shape index (κ1) is 41.0. The Labute approximate surface area is 295 Å². The molecule has 0 bridgehead atoms. The van der Waals surface area contributed by atoms with Crippen LogP contribution in [0.1, 0.15) is 6.23 Å². The average Bonchev–Trinajstić information content (AvgIpc) is 3.12. The third-order valence-corrected chi connectivity index (χ3v) is 8.44. The first-order chi connectivity index (χ1) is 14.6. The molecule has 5 N–H and O–H groups in total. The molecule has 2 unspecified atom stereocenters. The Bertz CT molecular complexity index is 1230. The Morgan fingerprint density at radius 2 is 1.72 bits per heavy atom. The van der Waals surface area contributed by atoms with Crippen molar-refractivity contribution in [1.82, 2.24) is 19.5 Å². The summed E-state index contributed by atoms with van der Waals surface area (Å²) in [7, 11) is -12.0. The van der Waals surface area contributed by atoms with Gasteiger partial charge < -0.3 is 49.3 Å². The number of nitrogens with two attached hydrogens (primary N) is 1. The number of aromatic amines is 1. The zero-order valence-corrected chi connectivity index (χ0v) is 30.6. The molecule has 3 heterocycles. The number of hydrogen-bond acceptors (Lipinski definition) is 17. The van der Waals surface area contributed by atoms with Crippen molar-refractivity contribution in [2.75, 3.05) is 12.3 Å². The quantitative estimate of drug-likeness (QED) is 0.156. The summed E-state index contributed by atoms with van der Waals surface area (Å²) in [5.41, 5.74) is 4.52. The molecule has 0 radical (unpaired) electrons. The number of imidazole rings is 1. The van der Waals surface area contributed by atoms with Crippen LogP contribution in [0.4, 0.5) is 5.95 Å². The van der Waals surface area contributed by atoms with Crippen molar-refractivity contribution >= 4 is 51.3 Å². The monoisotopic (exact) mass is 627 g/mol. The summed E-state index contributed by atoms with van der Waals surface area (Å²) in [6.07, 6.45) is -5.21. The molecular formula is C10H12N5Na4O13P3S. The first-order valence-corrected chi connectivity index (χ1v) is 13.5. The van der Waals surface area contributed by atoms with Gasteiger partial charge in [-0.2, -0.15) is 4.98 Å². The number of nitrogens with zero attached hydrogens (tertiary/aromatic N) is 3.